The van der Waals surface area contributed by atoms with Crippen molar-refractivity contribution < 1.29 is 4.79 Å². The first-order valence-electron chi connectivity index (χ1n) is 9.12. The molecule has 0 aliphatic carbocycles. The fourth-order valence-corrected chi connectivity index (χ4v) is 4.19. The highest BCUT2D eigenvalue weighted by molar-refractivity contribution is 9.10. The zero-order valence-corrected chi connectivity index (χ0v) is 16.0. The van der Waals surface area contributed by atoms with Crippen LogP contribution >= 0.6 is 15.9 Å². The Labute approximate surface area is 153 Å². The molecule has 1 aromatic rings. The normalized spacial score (nSPS) is 23.2. The summed E-state index contributed by atoms with van der Waals surface area (Å²) in [5, 5.41) is 6.65. The summed E-state index contributed by atoms with van der Waals surface area (Å²) in [7, 11) is 0. The molecule has 3 rings (SSSR count). The minimum Gasteiger partial charge on any atom is -0.369 e. The number of piperidine rings is 1. The Morgan fingerprint density at radius 3 is 2.71 bits per heavy atom. The Morgan fingerprint density at radius 2 is 2.00 bits per heavy atom. The molecule has 2 atom stereocenters. The molecule has 2 aliphatic heterocycles. The molecule has 0 bridgehead atoms. The first-order chi connectivity index (χ1) is 11.6. The number of hydrogen-bond donors (Lipinski definition) is 2. The van der Waals surface area contributed by atoms with Crippen molar-refractivity contribution in [3.05, 3.63) is 28.7 Å². The highest BCUT2D eigenvalue weighted by Gasteiger charge is 2.26. The summed E-state index contributed by atoms with van der Waals surface area (Å²) in [4.78, 5) is 14.7. The molecule has 24 heavy (non-hydrogen) atoms. The van der Waals surface area contributed by atoms with Gasteiger partial charge < -0.3 is 15.5 Å². The van der Waals surface area contributed by atoms with Crippen molar-refractivity contribution in [2.75, 3.05) is 31.1 Å². The molecule has 1 aromatic carbocycles. The molecule has 1 amide bonds. The number of amides is 1. The molecule has 0 radical (unpaired) electrons. The minimum absolute atomic E-state index is 0.226. The lowest BCUT2D eigenvalue weighted by molar-refractivity contribution is -0.122. The van der Waals surface area contributed by atoms with E-state index < -0.39 is 0 Å². The van der Waals surface area contributed by atoms with E-state index in [4.69, 9.17) is 0 Å². The minimum atomic E-state index is 0.226. The van der Waals surface area contributed by atoms with E-state index >= 15 is 0 Å². The Balaban J connectivity index is 1.44. The van der Waals surface area contributed by atoms with E-state index in [1.54, 1.807) is 0 Å². The smallest absolute Gasteiger partial charge is 0.220 e. The van der Waals surface area contributed by atoms with Crippen LogP contribution in [0.1, 0.15) is 32.6 Å². The lowest BCUT2D eigenvalue weighted by atomic mass is 9.84. The number of rotatable bonds is 5. The van der Waals surface area contributed by atoms with Crippen molar-refractivity contribution in [1.82, 2.24) is 10.6 Å². The third kappa shape index (κ3) is 4.73. The Hall–Kier alpha value is -1.07. The Morgan fingerprint density at radius 1 is 1.29 bits per heavy atom. The van der Waals surface area contributed by atoms with Crippen LogP contribution in [0.2, 0.25) is 0 Å². The van der Waals surface area contributed by atoms with Gasteiger partial charge >= 0.3 is 0 Å². The molecular formula is C19H28BrN3O. The first-order valence-corrected chi connectivity index (χ1v) is 9.91. The van der Waals surface area contributed by atoms with Crippen LogP contribution in [0.3, 0.4) is 0 Å². The molecular weight excluding hydrogens is 366 g/mol. The molecule has 2 N–H and O–H groups in total. The number of nitrogens with one attached hydrogen (secondary N) is 2. The van der Waals surface area contributed by atoms with E-state index in [0.717, 1.165) is 37.1 Å². The predicted octanol–water partition coefficient (Wildman–Crippen LogP) is 3.17. The SMILES string of the molecule is CC(CC(=O)NC1CCN(c2ccc(Br)cc2)C1)C1CCNCC1. The van der Waals surface area contributed by atoms with Gasteiger partial charge in [0, 0.05) is 35.7 Å². The number of benzene rings is 1. The molecule has 2 fully saturated rings. The van der Waals surface area contributed by atoms with Crippen LogP contribution in [0.5, 0.6) is 0 Å². The zero-order valence-electron chi connectivity index (χ0n) is 14.4. The van der Waals surface area contributed by atoms with Gasteiger partial charge in [0.25, 0.3) is 0 Å². The fourth-order valence-electron chi connectivity index (χ4n) is 3.92. The van der Waals surface area contributed by atoms with Crippen LogP contribution in [0.15, 0.2) is 28.7 Å². The molecule has 0 spiro atoms. The third-order valence-electron chi connectivity index (χ3n) is 5.44. The van der Waals surface area contributed by atoms with Gasteiger partial charge in [0.15, 0.2) is 0 Å². The number of halogens is 1. The van der Waals surface area contributed by atoms with Gasteiger partial charge in [0.1, 0.15) is 0 Å². The molecule has 2 saturated heterocycles. The maximum atomic E-state index is 12.4. The summed E-state index contributed by atoms with van der Waals surface area (Å²) in [5.74, 6) is 1.40. The number of hydrogen-bond acceptors (Lipinski definition) is 3. The van der Waals surface area contributed by atoms with E-state index in [2.05, 4.69) is 62.7 Å². The number of anilines is 1. The van der Waals surface area contributed by atoms with Crippen LogP contribution in [0, 0.1) is 11.8 Å². The highest BCUT2D eigenvalue weighted by atomic mass is 79.9. The van der Waals surface area contributed by atoms with Crippen LogP contribution in [-0.2, 0) is 4.79 Å². The largest absolute Gasteiger partial charge is 0.369 e. The number of carbonyl (C=O) groups excluding carboxylic acids is 1. The van der Waals surface area contributed by atoms with Gasteiger partial charge in [-0.2, -0.15) is 0 Å². The van der Waals surface area contributed by atoms with Gasteiger partial charge in [-0.05, 0) is 68.5 Å². The standard InChI is InChI=1S/C19H28BrN3O/c1-14(15-6-9-21-10-7-15)12-19(24)22-17-8-11-23(13-17)18-4-2-16(20)3-5-18/h2-5,14-15,17,21H,6-13H2,1H3,(H,22,24). The van der Waals surface area contributed by atoms with Gasteiger partial charge in [-0.15, -0.1) is 0 Å². The van der Waals surface area contributed by atoms with Crippen LogP contribution < -0.4 is 15.5 Å². The van der Waals surface area contributed by atoms with Gasteiger partial charge in [-0.3, -0.25) is 4.79 Å². The Kier molecular flexibility index (Phi) is 6.17. The van der Waals surface area contributed by atoms with Gasteiger partial charge in [-0.25, -0.2) is 0 Å². The average Bonchev–Trinajstić information content (AvgIpc) is 3.04. The molecule has 5 heteroatoms. The van der Waals surface area contributed by atoms with Crippen molar-refractivity contribution >= 4 is 27.5 Å². The molecule has 4 nitrogen and oxygen atoms in total. The first kappa shape index (κ1) is 17.7. The number of carbonyl (C=O) groups is 1. The monoisotopic (exact) mass is 393 g/mol. The van der Waals surface area contributed by atoms with Crippen LogP contribution in [-0.4, -0.2) is 38.1 Å². The topological polar surface area (TPSA) is 44.4 Å². The molecule has 2 aliphatic rings. The van der Waals surface area contributed by atoms with Crippen LogP contribution in [0.4, 0.5) is 5.69 Å². The maximum Gasteiger partial charge on any atom is 0.220 e. The fraction of sp³-hybridized carbons (Fsp3) is 0.632. The third-order valence-corrected chi connectivity index (χ3v) is 5.97. The molecule has 132 valence electrons. The lowest BCUT2D eigenvalue weighted by Gasteiger charge is -2.28. The Bertz CT molecular complexity index is 542. The summed E-state index contributed by atoms with van der Waals surface area (Å²) in [5.41, 5.74) is 1.23. The molecule has 0 aromatic heterocycles. The van der Waals surface area contributed by atoms with Gasteiger partial charge in [0.05, 0.1) is 0 Å². The van der Waals surface area contributed by atoms with E-state index in [0.29, 0.717) is 18.3 Å². The number of nitrogens with zero attached hydrogens (tertiary/aromatic N) is 1. The second-order valence-electron chi connectivity index (χ2n) is 7.24. The maximum absolute atomic E-state index is 12.4. The van der Waals surface area contributed by atoms with Gasteiger partial charge in [-0.1, -0.05) is 22.9 Å². The average molecular weight is 394 g/mol. The summed E-state index contributed by atoms with van der Waals surface area (Å²) in [6.07, 6.45) is 4.10. The van der Waals surface area contributed by atoms with Crippen LogP contribution in [0.25, 0.3) is 0 Å². The van der Waals surface area contributed by atoms with E-state index in [1.807, 2.05) is 0 Å². The molecule has 2 unspecified atom stereocenters. The van der Waals surface area contributed by atoms with E-state index in [9.17, 15) is 4.79 Å². The van der Waals surface area contributed by atoms with E-state index in [-0.39, 0.29) is 11.9 Å². The van der Waals surface area contributed by atoms with Crippen molar-refractivity contribution in [3.63, 3.8) is 0 Å². The summed E-state index contributed by atoms with van der Waals surface area (Å²) in [6, 6.07) is 8.69. The summed E-state index contributed by atoms with van der Waals surface area (Å²) < 4.78 is 1.10. The summed E-state index contributed by atoms with van der Waals surface area (Å²) >= 11 is 3.47. The summed E-state index contributed by atoms with van der Waals surface area (Å²) in [6.45, 7) is 6.35. The zero-order chi connectivity index (χ0) is 16.9. The van der Waals surface area contributed by atoms with Crippen molar-refractivity contribution in [3.8, 4) is 0 Å². The lowest BCUT2D eigenvalue weighted by Crippen LogP contribution is -2.39. The second kappa shape index (κ2) is 8.34. The van der Waals surface area contributed by atoms with Gasteiger partial charge in [0.2, 0.25) is 5.91 Å². The van der Waals surface area contributed by atoms with Crippen molar-refractivity contribution in [2.45, 2.75) is 38.6 Å². The van der Waals surface area contributed by atoms with Crippen molar-refractivity contribution in [2.24, 2.45) is 11.8 Å². The second-order valence-corrected chi connectivity index (χ2v) is 8.16. The molecule has 0 saturated carbocycles. The predicted molar refractivity (Wildman–Crippen MR) is 102 cm³/mol. The highest BCUT2D eigenvalue weighted by Crippen LogP contribution is 2.25. The molecule has 2 heterocycles. The van der Waals surface area contributed by atoms with E-state index in [1.165, 1.54) is 18.5 Å². The van der Waals surface area contributed by atoms with Crippen molar-refractivity contribution in [1.29, 1.82) is 0 Å². The quantitative estimate of drug-likeness (QED) is 0.807.